The number of benzene rings is 2. The van der Waals surface area contributed by atoms with E-state index in [2.05, 4.69) is 10.3 Å². The first kappa shape index (κ1) is 30.8. The molecule has 2 aromatic carbocycles. The van der Waals surface area contributed by atoms with Crippen LogP contribution in [-0.2, 0) is 41.6 Å². The van der Waals surface area contributed by atoms with Crippen LogP contribution < -0.4 is 14.4 Å². The Hall–Kier alpha value is -3.72. The van der Waals surface area contributed by atoms with E-state index in [9.17, 15) is 44.3 Å². The van der Waals surface area contributed by atoms with E-state index < -0.39 is 65.0 Å². The second kappa shape index (κ2) is 12.2. The molecule has 3 aromatic rings. The van der Waals surface area contributed by atoms with Crippen LogP contribution >= 0.6 is 0 Å². The molecule has 1 amide bonds. The molecule has 0 saturated carbocycles. The van der Waals surface area contributed by atoms with Crippen LogP contribution in [-0.4, -0.2) is 26.7 Å². The number of amides is 1. The summed E-state index contributed by atoms with van der Waals surface area (Å²) in [5, 5.41) is 2.50. The van der Waals surface area contributed by atoms with Gasteiger partial charge in [-0.2, -0.15) is 26.3 Å². The average molecular weight is 593 g/mol. The van der Waals surface area contributed by atoms with Crippen molar-refractivity contribution in [2.45, 2.75) is 38.3 Å². The molecule has 40 heavy (non-hydrogen) atoms. The number of carbonyl (C=O) groups is 1. The molecule has 0 saturated heterocycles. The zero-order valence-electron chi connectivity index (χ0n) is 20.8. The number of aromatic nitrogens is 1. The fourth-order valence-corrected chi connectivity index (χ4v) is 3.75. The lowest BCUT2D eigenvalue weighted by atomic mass is 9.99. The van der Waals surface area contributed by atoms with Gasteiger partial charge in [-0.1, -0.05) is 18.2 Å². The number of hydrogen-bond donors (Lipinski definition) is 1. The van der Waals surface area contributed by atoms with E-state index in [1.807, 2.05) is 0 Å². The van der Waals surface area contributed by atoms with Crippen LogP contribution in [0.4, 0.5) is 36.4 Å². The first-order chi connectivity index (χ1) is 18.6. The Bertz CT molecular complexity index is 1380. The Labute approximate surface area is 226 Å². The van der Waals surface area contributed by atoms with Crippen LogP contribution in [0.1, 0.15) is 40.8 Å². The van der Waals surface area contributed by atoms with Crippen LogP contribution in [0.15, 0.2) is 54.6 Å². The van der Waals surface area contributed by atoms with Crippen molar-refractivity contribution in [3.05, 3.63) is 88.4 Å². The largest absolute Gasteiger partial charge is 0.755 e. The topological polar surface area (TPSA) is 94.6 Å². The minimum atomic E-state index is -4.81. The normalized spacial score (nSPS) is 13.4. The summed E-state index contributed by atoms with van der Waals surface area (Å²) in [4.78, 5) is 16.2. The molecule has 1 aromatic heterocycles. The highest BCUT2D eigenvalue weighted by molar-refractivity contribution is 7.80. The molecule has 216 valence electrons. The fourth-order valence-electron chi connectivity index (χ4n) is 3.44. The van der Waals surface area contributed by atoms with E-state index in [-0.39, 0.29) is 28.9 Å². The van der Waals surface area contributed by atoms with Gasteiger partial charge >= 0.3 is 12.4 Å². The number of nitrogens with one attached hydrogen (secondary N) is 1. The molecule has 0 aliphatic heterocycles. The molecule has 7 nitrogen and oxygen atoms in total. The molecular formula is C25H21F7N3O4S-. The van der Waals surface area contributed by atoms with E-state index >= 15 is 0 Å². The Morgan fingerprint density at radius 2 is 1.70 bits per heavy atom. The summed E-state index contributed by atoms with van der Waals surface area (Å²) < 4.78 is 121. The van der Waals surface area contributed by atoms with Gasteiger partial charge in [-0.25, -0.2) is 9.37 Å². The summed E-state index contributed by atoms with van der Waals surface area (Å²) in [7, 11) is 1.13. The van der Waals surface area contributed by atoms with Gasteiger partial charge in [0.15, 0.2) is 0 Å². The van der Waals surface area contributed by atoms with Crippen molar-refractivity contribution in [2.24, 2.45) is 0 Å². The number of carbonyl (C=O) groups excluding carboxylic acids is 1. The van der Waals surface area contributed by atoms with Gasteiger partial charge in [-0.15, -0.1) is 0 Å². The highest BCUT2D eigenvalue weighted by atomic mass is 32.2. The van der Waals surface area contributed by atoms with Crippen molar-refractivity contribution in [2.75, 3.05) is 11.4 Å². The van der Waals surface area contributed by atoms with Gasteiger partial charge in [0, 0.05) is 30.4 Å². The molecule has 1 N–H and O–H groups in total. The second-order valence-electron chi connectivity index (χ2n) is 8.51. The highest BCUT2D eigenvalue weighted by Gasteiger charge is 2.33. The van der Waals surface area contributed by atoms with Crippen molar-refractivity contribution in [3.8, 4) is 5.88 Å². The molecule has 0 aliphatic carbocycles. The Balaban J connectivity index is 1.75. The molecule has 2 unspecified atom stereocenters. The van der Waals surface area contributed by atoms with Crippen LogP contribution in [0.2, 0.25) is 0 Å². The number of alkyl halides is 6. The molecule has 1 heterocycles. The SMILES string of the molecule is CC(C(=O)NCc1ccc(C(F)(F)F)nc1OCc1ccc(C(F)(F)F)cc1)c1ccc(N(C)S(=O)[O-])c(F)c1. The van der Waals surface area contributed by atoms with Crippen LogP contribution in [0.5, 0.6) is 5.88 Å². The molecule has 0 bridgehead atoms. The van der Waals surface area contributed by atoms with Gasteiger partial charge in [0.2, 0.25) is 11.8 Å². The molecule has 3 rings (SSSR count). The van der Waals surface area contributed by atoms with Crippen molar-refractivity contribution >= 4 is 22.9 Å². The quantitative estimate of drug-likeness (QED) is 0.262. The molecule has 0 spiro atoms. The smallest absolute Gasteiger partial charge is 0.433 e. The third-order valence-corrected chi connectivity index (χ3v) is 6.41. The lowest BCUT2D eigenvalue weighted by Gasteiger charge is -2.22. The summed E-state index contributed by atoms with van der Waals surface area (Å²) in [5.74, 6) is -2.96. The lowest BCUT2D eigenvalue weighted by molar-refractivity contribution is -0.141. The van der Waals surface area contributed by atoms with Gasteiger partial charge in [0.25, 0.3) is 0 Å². The van der Waals surface area contributed by atoms with E-state index in [0.29, 0.717) is 10.4 Å². The molecular weight excluding hydrogens is 571 g/mol. The molecule has 0 radical (unpaired) electrons. The number of pyridine rings is 1. The molecule has 2 atom stereocenters. The van der Waals surface area contributed by atoms with Crippen molar-refractivity contribution in [3.63, 3.8) is 0 Å². The Kier molecular flexibility index (Phi) is 9.40. The van der Waals surface area contributed by atoms with Gasteiger partial charge in [0.1, 0.15) is 18.1 Å². The predicted octanol–water partition coefficient (Wildman–Crippen LogP) is 5.49. The monoisotopic (exact) mass is 592 g/mol. The zero-order valence-corrected chi connectivity index (χ0v) is 21.6. The van der Waals surface area contributed by atoms with Crippen molar-refractivity contribution in [1.82, 2.24) is 10.3 Å². The number of rotatable bonds is 9. The number of hydrogen-bond acceptors (Lipinski definition) is 5. The maximum atomic E-state index is 14.4. The van der Waals surface area contributed by atoms with Crippen molar-refractivity contribution < 1.29 is 49.0 Å². The Morgan fingerprint density at radius 3 is 2.25 bits per heavy atom. The third-order valence-electron chi connectivity index (χ3n) is 5.77. The van der Waals surface area contributed by atoms with Crippen LogP contribution in [0, 0.1) is 5.82 Å². The standard InChI is InChI=1S/C25H22F7N3O4S/c1-14(16-5-9-20(19(26)11-16)35(2)40(37)38)22(36)33-12-17-6-10-21(25(30,31)32)34-23(17)39-13-15-3-7-18(8-4-15)24(27,28)29/h3-11,14H,12-13H2,1-2H3,(H,33,36)(H,37,38)/p-1. The summed E-state index contributed by atoms with van der Waals surface area (Å²) in [6, 6.07) is 9.05. The second-order valence-corrected chi connectivity index (χ2v) is 9.49. The predicted molar refractivity (Wildman–Crippen MR) is 129 cm³/mol. The van der Waals surface area contributed by atoms with Crippen LogP contribution in [0.25, 0.3) is 0 Å². The number of nitrogens with zero attached hydrogens (tertiary/aromatic N) is 2. The maximum absolute atomic E-state index is 14.4. The number of anilines is 1. The highest BCUT2D eigenvalue weighted by Crippen LogP contribution is 2.32. The van der Waals surface area contributed by atoms with Crippen LogP contribution in [0.3, 0.4) is 0 Å². The first-order valence-corrected chi connectivity index (χ1v) is 12.4. The van der Waals surface area contributed by atoms with Gasteiger partial charge in [-0.3, -0.25) is 9.00 Å². The maximum Gasteiger partial charge on any atom is 0.433 e. The van der Waals surface area contributed by atoms with Gasteiger partial charge < -0.3 is 18.9 Å². The molecule has 0 aliphatic rings. The van der Waals surface area contributed by atoms with Gasteiger partial charge in [0.05, 0.1) is 17.2 Å². The van der Waals surface area contributed by atoms with Crippen molar-refractivity contribution in [1.29, 1.82) is 0 Å². The summed E-state index contributed by atoms with van der Waals surface area (Å²) >= 11 is -2.72. The zero-order chi connectivity index (χ0) is 29.8. The Morgan fingerprint density at radius 1 is 1.05 bits per heavy atom. The third kappa shape index (κ3) is 7.69. The first-order valence-electron chi connectivity index (χ1n) is 11.3. The average Bonchev–Trinajstić information content (AvgIpc) is 2.89. The number of halogens is 7. The van der Waals surface area contributed by atoms with E-state index in [4.69, 9.17) is 4.74 Å². The summed E-state index contributed by atoms with van der Waals surface area (Å²) in [6.07, 6.45) is -9.38. The van der Waals surface area contributed by atoms with Gasteiger partial charge in [-0.05, 0) is 54.4 Å². The minimum Gasteiger partial charge on any atom is -0.755 e. The fraction of sp³-hybridized carbons (Fsp3) is 0.280. The number of ether oxygens (including phenoxy) is 1. The summed E-state index contributed by atoms with van der Waals surface area (Å²) in [5.41, 5.74) is -1.96. The summed E-state index contributed by atoms with van der Waals surface area (Å²) in [6.45, 7) is 0.694. The van der Waals surface area contributed by atoms with E-state index in [0.717, 1.165) is 43.4 Å². The minimum absolute atomic E-state index is 0.0431. The van der Waals surface area contributed by atoms with E-state index in [1.165, 1.54) is 19.1 Å². The van der Waals surface area contributed by atoms with E-state index in [1.54, 1.807) is 0 Å². The molecule has 0 fully saturated rings. The molecule has 15 heteroatoms. The lowest BCUT2D eigenvalue weighted by Crippen LogP contribution is -2.28.